The molecule has 2 heterocycles. The van der Waals surface area contributed by atoms with Crippen LogP contribution in [0.3, 0.4) is 0 Å². The van der Waals surface area contributed by atoms with Crippen molar-refractivity contribution in [2.75, 3.05) is 0 Å². The zero-order valence-electron chi connectivity index (χ0n) is 12.2. The summed E-state index contributed by atoms with van der Waals surface area (Å²) < 4.78 is 10.7. The third-order valence-electron chi connectivity index (χ3n) is 3.46. The van der Waals surface area contributed by atoms with Gasteiger partial charge in [-0.3, -0.25) is 4.79 Å². The highest BCUT2D eigenvalue weighted by Gasteiger charge is 2.18. The Bertz CT molecular complexity index is 663. The molecule has 0 saturated heterocycles. The van der Waals surface area contributed by atoms with Gasteiger partial charge in [0.1, 0.15) is 17.6 Å². The first kappa shape index (κ1) is 13.7. The lowest BCUT2D eigenvalue weighted by Gasteiger charge is -2.06. The van der Waals surface area contributed by atoms with Crippen molar-refractivity contribution in [1.82, 2.24) is 10.5 Å². The molecule has 5 nitrogen and oxygen atoms in total. The lowest BCUT2D eigenvalue weighted by Crippen LogP contribution is -2.24. The molecule has 1 unspecified atom stereocenters. The molecular weight excluding hydrogens is 268 g/mol. The fourth-order valence-electron chi connectivity index (χ4n) is 2.51. The minimum absolute atomic E-state index is 0.0729. The van der Waals surface area contributed by atoms with Crippen LogP contribution in [0, 0.1) is 6.92 Å². The molecule has 5 heteroatoms. The van der Waals surface area contributed by atoms with E-state index >= 15 is 0 Å². The van der Waals surface area contributed by atoms with Gasteiger partial charge in [-0.15, -0.1) is 0 Å². The Kier molecular flexibility index (Phi) is 3.64. The van der Waals surface area contributed by atoms with E-state index in [1.165, 1.54) is 5.56 Å². The van der Waals surface area contributed by atoms with Gasteiger partial charge in [0.25, 0.3) is 0 Å². The molecule has 1 aliphatic rings. The molecule has 0 bridgehead atoms. The van der Waals surface area contributed by atoms with E-state index in [2.05, 4.69) is 23.5 Å². The molecule has 1 aromatic heterocycles. The van der Waals surface area contributed by atoms with Gasteiger partial charge in [-0.05, 0) is 31.0 Å². The van der Waals surface area contributed by atoms with Crippen molar-refractivity contribution < 1.29 is 14.1 Å². The van der Waals surface area contributed by atoms with Crippen molar-refractivity contribution in [3.63, 3.8) is 0 Å². The van der Waals surface area contributed by atoms with Crippen LogP contribution in [0.1, 0.15) is 29.5 Å². The zero-order valence-corrected chi connectivity index (χ0v) is 12.2. The third kappa shape index (κ3) is 3.24. The number of benzene rings is 1. The van der Waals surface area contributed by atoms with E-state index in [1.807, 2.05) is 19.1 Å². The molecule has 1 atom stereocenters. The summed E-state index contributed by atoms with van der Waals surface area (Å²) in [6, 6.07) is 7.82. The van der Waals surface area contributed by atoms with Crippen molar-refractivity contribution >= 4 is 5.91 Å². The molecule has 0 spiro atoms. The summed E-state index contributed by atoms with van der Waals surface area (Å²) in [4.78, 5) is 11.9. The maximum atomic E-state index is 11.9. The first-order valence-electron chi connectivity index (χ1n) is 7.07. The molecule has 1 aliphatic heterocycles. The number of hydrogen-bond donors (Lipinski definition) is 1. The van der Waals surface area contributed by atoms with E-state index < -0.39 is 0 Å². The summed E-state index contributed by atoms with van der Waals surface area (Å²) in [5, 5.41) is 6.66. The van der Waals surface area contributed by atoms with Crippen LogP contribution in [0.25, 0.3) is 0 Å². The topological polar surface area (TPSA) is 64.4 Å². The number of aromatic nitrogens is 1. The number of carbonyl (C=O) groups is 1. The van der Waals surface area contributed by atoms with E-state index in [1.54, 1.807) is 6.07 Å². The summed E-state index contributed by atoms with van der Waals surface area (Å²) in [6.45, 7) is 4.40. The minimum Gasteiger partial charge on any atom is -0.490 e. The normalized spacial score (nSPS) is 16.4. The number of nitrogens with zero attached hydrogens (tertiary/aromatic N) is 1. The molecule has 21 heavy (non-hydrogen) atoms. The molecule has 0 fully saturated rings. The number of fused-ring (bicyclic) bond motifs is 1. The van der Waals surface area contributed by atoms with Gasteiger partial charge in [0.05, 0.1) is 12.1 Å². The number of ether oxygens (including phenoxy) is 1. The minimum atomic E-state index is -0.0729. The third-order valence-corrected chi connectivity index (χ3v) is 3.46. The number of rotatable bonds is 4. The second-order valence-electron chi connectivity index (χ2n) is 5.46. The van der Waals surface area contributed by atoms with Gasteiger partial charge < -0.3 is 14.6 Å². The molecule has 1 aromatic carbocycles. The van der Waals surface area contributed by atoms with Gasteiger partial charge in [0.2, 0.25) is 5.91 Å². The Hall–Kier alpha value is -2.30. The quantitative estimate of drug-likeness (QED) is 0.935. The van der Waals surface area contributed by atoms with E-state index in [0.29, 0.717) is 12.3 Å². The van der Waals surface area contributed by atoms with Crippen LogP contribution < -0.4 is 10.1 Å². The van der Waals surface area contributed by atoms with Crippen LogP contribution in [0.15, 0.2) is 28.8 Å². The maximum absolute atomic E-state index is 11.9. The summed E-state index contributed by atoms with van der Waals surface area (Å²) in [6.07, 6.45) is 1.37. The van der Waals surface area contributed by atoms with Crippen molar-refractivity contribution in [3.05, 3.63) is 46.8 Å². The second kappa shape index (κ2) is 5.60. The summed E-state index contributed by atoms with van der Waals surface area (Å²) >= 11 is 0. The van der Waals surface area contributed by atoms with E-state index in [0.717, 1.165) is 23.4 Å². The Morgan fingerprint density at radius 1 is 1.43 bits per heavy atom. The lowest BCUT2D eigenvalue weighted by molar-refractivity contribution is -0.120. The summed E-state index contributed by atoms with van der Waals surface area (Å²) in [5.41, 5.74) is 3.07. The molecule has 110 valence electrons. The number of aryl methyl sites for hydroxylation is 1. The standard InChI is InChI=1S/C16H18N2O3/c1-10-5-14(21-18-10)8-16(19)17-9-12-3-4-15-13(7-12)6-11(2)20-15/h3-5,7,11H,6,8-9H2,1-2H3,(H,17,19). The van der Waals surface area contributed by atoms with Crippen LogP contribution in [0.4, 0.5) is 0 Å². The molecule has 1 amide bonds. The monoisotopic (exact) mass is 286 g/mol. The predicted molar refractivity (Wildman–Crippen MR) is 77.0 cm³/mol. The van der Waals surface area contributed by atoms with Crippen LogP contribution >= 0.6 is 0 Å². The predicted octanol–water partition coefficient (Wildman–Crippen LogP) is 2.17. The second-order valence-corrected chi connectivity index (χ2v) is 5.46. The number of amides is 1. The first-order valence-corrected chi connectivity index (χ1v) is 7.07. The van der Waals surface area contributed by atoms with Crippen molar-refractivity contribution in [3.8, 4) is 5.75 Å². The Morgan fingerprint density at radius 2 is 2.29 bits per heavy atom. The van der Waals surface area contributed by atoms with Gasteiger partial charge in [-0.2, -0.15) is 0 Å². The molecule has 0 saturated carbocycles. The highest BCUT2D eigenvalue weighted by atomic mass is 16.5. The molecule has 1 N–H and O–H groups in total. The van der Waals surface area contributed by atoms with E-state index in [4.69, 9.17) is 9.26 Å². The largest absolute Gasteiger partial charge is 0.490 e. The fraction of sp³-hybridized carbons (Fsp3) is 0.375. The summed E-state index contributed by atoms with van der Waals surface area (Å²) in [7, 11) is 0. The Morgan fingerprint density at radius 3 is 3.05 bits per heavy atom. The highest BCUT2D eigenvalue weighted by Crippen LogP contribution is 2.29. The number of hydrogen-bond acceptors (Lipinski definition) is 4. The van der Waals surface area contributed by atoms with E-state index in [-0.39, 0.29) is 18.4 Å². The molecule has 2 aromatic rings. The highest BCUT2D eigenvalue weighted by molar-refractivity contribution is 5.77. The average Bonchev–Trinajstić information content (AvgIpc) is 3.00. The maximum Gasteiger partial charge on any atom is 0.227 e. The number of nitrogens with one attached hydrogen (secondary N) is 1. The molecule has 0 radical (unpaired) electrons. The van der Waals surface area contributed by atoms with Crippen LogP contribution in [-0.2, 0) is 24.2 Å². The molecular formula is C16H18N2O3. The Balaban J connectivity index is 1.55. The van der Waals surface area contributed by atoms with Crippen molar-refractivity contribution in [1.29, 1.82) is 0 Å². The van der Waals surface area contributed by atoms with Crippen LogP contribution in [0.5, 0.6) is 5.75 Å². The SMILES string of the molecule is Cc1cc(CC(=O)NCc2ccc3c(c2)CC(C)O3)on1. The first-order chi connectivity index (χ1) is 10.1. The fourth-order valence-corrected chi connectivity index (χ4v) is 2.51. The van der Waals surface area contributed by atoms with Crippen LogP contribution in [0.2, 0.25) is 0 Å². The van der Waals surface area contributed by atoms with Gasteiger partial charge in [-0.25, -0.2) is 0 Å². The molecule has 0 aliphatic carbocycles. The van der Waals surface area contributed by atoms with Gasteiger partial charge in [0.15, 0.2) is 0 Å². The van der Waals surface area contributed by atoms with Gasteiger partial charge >= 0.3 is 0 Å². The molecule has 3 rings (SSSR count). The van der Waals surface area contributed by atoms with Crippen molar-refractivity contribution in [2.45, 2.75) is 39.3 Å². The number of carbonyl (C=O) groups excluding carboxylic acids is 1. The lowest BCUT2D eigenvalue weighted by atomic mass is 10.1. The van der Waals surface area contributed by atoms with Crippen LogP contribution in [-0.4, -0.2) is 17.2 Å². The average molecular weight is 286 g/mol. The van der Waals surface area contributed by atoms with Gasteiger partial charge in [0, 0.05) is 19.0 Å². The van der Waals surface area contributed by atoms with Crippen molar-refractivity contribution in [2.24, 2.45) is 0 Å². The van der Waals surface area contributed by atoms with E-state index in [9.17, 15) is 4.79 Å². The van der Waals surface area contributed by atoms with Gasteiger partial charge in [-0.1, -0.05) is 17.3 Å². The summed E-state index contributed by atoms with van der Waals surface area (Å²) in [5.74, 6) is 1.46. The smallest absolute Gasteiger partial charge is 0.227 e. The Labute approximate surface area is 123 Å². The zero-order chi connectivity index (χ0) is 14.8.